The van der Waals surface area contributed by atoms with Crippen molar-refractivity contribution in [2.45, 2.75) is 13.8 Å². The van der Waals surface area contributed by atoms with Crippen LogP contribution in [0.3, 0.4) is 0 Å². The average molecular weight is 424 g/mol. The molecular weight excluding hydrogens is 395 g/mol. The minimum atomic E-state index is 0. The Morgan fingerprint density at radius 1 is 0.737 bits per heavy atom. The van der Waals surface area contributed by atoms with Gasteiger partial charge >= 0.3 is 58.2 Å². The van der Waals surface area contributed by atoms with E-state index in [0.717, 1.165) is 13.2 Å². The molecule has 4 nitrogen and oxygen atoms in total. The van der Waals surface area contributed by atoms with Crippen LogP contribution >= 0.6 is 0 Å². The summed E-state index contributed by atoms with van der Waals surface area (Å²) in [5.74, 6) is 0. The summed E-state index contributed by atoms with van der Waals surface area (Å²) in [6, 6.07) is 0. The summed E-state index contributed by atoms with van der Waals surface area (Å²) in [5, 5.41) is 0. The van der Waals surface area contributed by atoms with Crippen LogP contribution < -0.4 is 58.2 Å². The van der Waals surface area contributed by atoms with Crippen LogP contribution in [0.25, 0.3) is 0 Å². The molecule has 0 atom stereocenters. The van der Waals surface area contributed by atoms with Crippen molar-refractivity contribution in [3.8, 4) is 0 Å². The summed E-state index contributed by atoms with van der Waals surface area (Å²) in [7, 11) is 3.33. The zero-order chi connectivity index (χ0) is 12.5. The normalized spacial score (nSPS) is 8.21. The molecule has 0 aromatic carbocycles. The Morgan fingerprint density at radius 3 is 1.26 bits per heavy atom. The van der Waals surface area contributed by atoms with Crippen molar-refractivity contribution in [1.82, 2.24) is 0 Å². The number of hydrogen-bond acceptors (Lipinski definition) is 4. The Hall–Kier alpha value is 2.75. The van der Waals surface area contributed by atoms with Gasteiger partial charge in [0, 0.05) is 46.9 Å². The summed E-state index contributed by atoms with van der Waals surface area (Å²) in [6.45, 7) is 8.15. The van der Waals surface area contributed by atoms with Gasteiger partial charge in [0.25, 0.3) is 0 Å². The van der Waals surface area contributed by atoms with Crippen LogP contribution in [-0.2, 0) is 51.7 Å². The van der Waals surface area contributed by atoms with Gasteiger partial charge < -0.3 is 39.2 Å². The molecule has 111 valence electrons. The molecule has 0 aliphatic rings. The third-order valence-corrected chi connectivity index (χ3v) is 1.43. The van der Waals surface area contributed by atoms with E-state index in [0.29, 0.717) is 26.4 Å². The molecule has 1 radical (unpaired) electrons. The molecule has 0 N–H and O–H groups in total. The molecule has 0 saturated carbocycles. The number of methoxy groups -OCH3 is 2. The topological polar surface area (TPSA) is 36.9 Å². The van der Waals surface area contributed by atoms with Gasteiger partial charge in [-0.1, -0.05) is 13.2 Å². The zero-order valence-corrected chi connectivity index (χ0v) is 21.4. The predicted octanol–water partition coefficient (Wildman–Crippen LogP) is -0.801. The number of ether oxygens (including phenoxy) is 4. The van der Waals surface area contributed by atoms with E-state index >= 15 is 0 Å². The molecule has 0 aliphatic carbocycles. The second-order valence-corrected chi connectivity index (χ2v) is 2.95. The van der Waals surface area contributed by atoms with Gasteiger partial charge in [-0.3, -0.25) is 0 Å². The van der Waals surface area contributed by atoms with Crippen LogP contribution in [0.15, 0.2) is 0 Å². The van der Waals surface area contributed by atoms with Gasteiger partial charge in [0.05, 0.1) is 26.4 Å². The van der Waals surface area contributed by atoms with E-state index in [-0.39, 0.29) is 98.3 Å². The van der Waals surface area contributed by atoms with Crippen LogP contribution in [0.5, 0.6) is 0 Å². The number of hydrogen-bond donors (Lipinski definition) is 0. The molecule has 6 heteroatoms. The predicted molar refractivity (Wildman–Crippen MR) is 71.8 cm³/mol. The Bertz CT molecular complexity index is 86.6. The van der Waals surface area contributed by atoms with Gasteiger partial charge in [-0.05, 0) is 0 Å². The third-order valence-electron chi connectivity index (χ3n) is 1.43. The molecule has 0 aliphatic heterocycles. The summed E-state index contributed by atoms with van der Waals surface area (Å²) in [4.78, 5) is 0. The Labute approximate surface area is 194 Å². The van der Waals surface area contributed by atoms with Gasteiger partial charge in [0.2, 0.25) is 0 Å². The van der Waals surface area contributed by atoms with Gasteiger partial charge in [-0.25, -0.2) is 0 Å². The Morgan fingerprint density at radius 2 is 1.05 bits per heavy atom. The average Bonchev–Trinajstić information content (AvgIpc) is 2.31. The maximum atomic E-state index is 5.04. The van der Waals surface area contributed by atoms with Gasteiger partial charge in [0.1, 0.15) is 0 Å². The fourth-order valence-electron chi connectivity index (χ4n) is 0.687. The van der Waals surface area contributed by atoms with Crippen LogP contribution in [0, 0.1) is 20.3 Å². The van der Waals surface area contributed by atoms with Crippen molar-refractivity contribution in [3.05, 3.63) is 20.3 Å². The van der Waals surface area contributed by atoms with Crippen molar-refractivity contribution < 1.29 is 110 Å². The molecule has 0 saturated heterocycles. The molecule has 0 spiro atoms. The SMILES string of the molecule is C[CH-]COCCOC.C[CH-]COCCOC.[CH3-].[Rb+].[Y]. The summed E-state index contributed by atoms with van der Waals surface area (Å²) in [5.41, 5.74) is 0. The van der Waals surface area contributed by atoms with E-state index in [1.54, 1.807) is 14.2 Å². The van der Waals surface area contributed by atoms with E-state index in [1.165, 1.54) is 0 Å². The van der Waals surface area contributed by atoms with E-state index in [2.05, 4.69) is 0 Å². The zero-order valence-electron chi connectivity index (χ0n) is 13.6. The van der Waals surface area contributed by atoms with Crippen molar-refractivity contribution in [2.24, 2.45) is 0 Å². The first-order chi connectivity index (χ1) is 7.83. The monoisotopic (exact) mass is 423 g/mol. The van der Waals surface area contributed by atoms with Crippen LogP contribution in [0.2, 0.25) is 0 Å². The largest absolute Gasteiger partial charge is 1.00 e. The molecular formula is C13H29O4RbY-2. The van der Waals surface area contributed by atoms with Crippen LogP contribution in [0.1, 0.15) is 13.8 Å². The van der Waals surface area contributed by atoms with Crippen molar-refractivity contribution in [3.63, 3.8) is 0 Å². The molecule has 0 heterocycles. The maximum absolute atomic E-state index is 5.04. The van der Waals surface area contributed by atoms with Crippen molar-refractivity contribution in [1.29, 1.82) is 0 Å². The summed E-state index contributed by atoms with van der Waals surface area (Å²) >= 11 is 0. The molecule has 0 rings (SSSR count). The molecule has 0 bridgehead atoms. The fraction of sp³-hybridized carbons (Fsp3) is 0.769. The van der Waals surface area contributed by atoms with Crippen molar-refractivity contribution >= 4 is 0 Å². The summed E-state index contributed by atoms with van der Waals surface area (Å²) in [6.07, 6.45) is 3.94. The molecule has 0 amide bonds. The summed E-state index contributed by atoms with van der Waals surface area (Å²) < 4.78 is 19.6. The van der Waals surface area contributed by atoms with E-state index in [9.17, 15) is 0 Å². The Balaban J connectivity index is -0.0000000594. The second-order valence-electron chi connectivity index (χ2n) is 2.95. The first-order valence-electron chi connectivity index (χ1n) is 5.52. The fourth-order valence-corrected chi connectivity index (χ4v) is 0.687. The molecule has 0 aromatic heterocycles. The molecule has 19 heavy (non-hydrogen) atoms. The smallest absolute Gasteiger partial charge is 0.411 e. The first-order valence-corrected chi connectivity index (χ1v) is 5.52. The van der Waals surface area contributed by atoms with Gasteiger partial charge in [0.15, 0.2) is 0 Å². The van der Waals surface area contributed by atoms with Crippen molar-refractivity contribution in [2.75, 3.05) is 53.9 Å². The van der Waals surface area contributed by atoms with E-state index in [1.807, 2.05) is 26.7 Å². The molecule has 0 fully saturated rings. The van der Waals surface area contributed by atoms with Gasteiger partial charge in [-0.15, -0.1) is 0 Å². The quantitative estimate of drug-likeness (QED) is 0.341. The Kier molecular flexibility index (Phi) is 65.4. The van der Waals surface area contributed by atoms with E-state index in [4.69, 9.17) is 18.9 Å². The first kappa shape index (κ1) is 33.4. The molecule has 0 unspecified atom stereocenters. The number of rotatable bonds is 10. The standard InChI is InChI=1S/2C6H13O2.CH3.Rb.Y/c2*1-3-4-8-6-5-7-2;;;/h2*3H,4-6H2,1-2H3;1H3;;/q3*-1;+1;. The second kappa shape index (κ2) is 37.2. The minimum Gasteiger partial charge on any atom is -0.411 e. The minimum absolute atomic E-state index is 0. The van der Waals surface area contributed by atoms with Crippen LogP contribution in [0.4, 0.5) is 0 Å². The van der Waals surface area contributed by atoms with Gasteiger partial charge in [-0.2, -0.15) is 13.8 Å². The maximum Gasteiger partial charge on any atom is 1.00 e. The van der Waals surface area contributed by atoms with E-state index < -0.39 is 0 Å². The van der Waals surface area contributed by atoms with Crippen LogP contribution in [-0.4, -0.2) is 53.9 Å². The molecule has 0 aromatic rings. The third kappa shape index (κ3) is 44.9.